The van der Waals surface area contributed by atoms with Crippen LogP contribution in [0.3, 0.4) is 0 Å². The average molecular weight is 374 g/mol. The van der Waals surface area contributed by atoms with Crippen LogP contribution in [0.4, 0.5) is 4.79 Å². The number of hydrogen-bond acceptors (Lipinski definition) is 4. The molecule has 2 rings (SSSR count). The first-order chi connectivity index (χ1) is 12.0. The molecule has 26 heavy (non-hydrogen) atoms. The number of amides is 3. The molecular weight excluding hydrogens is 346 g/mol. The summed E-state index contributed by atoms with van der Waals surface area (Å²) in [5, 5.41) is 9.26. The molecule has 1 unspecified atom stereocenters. The second kappa shape index (κ2) is 7.12. The largest absolute Gasteiger partial charge is 0.543 e. The molecule has 7 heteroatoms. The Morgan fingerprint density at radius 3 is 2.58 bits per heavy atom. The fraction of sp³-hybridized carbons (Fsp3) is 0.526. The fourth-order valence-electron chi connectivity index (χ4n) is 2.75. The zero-order valence-corrected chi connectivity index (χ0v) is 17.1. The third-order valence-corrected chi connectivity index (χ3v) is 9.75. The molecule has 0 aliphatic carbocycles. The maximum atomic E-state index is 12.4. The predicted octanol–water partition coefficient (Wildman–Crippen LogP) is 3.41. The summed E-state index contributed by atoms with van der Waals surface area (Å²) in [6.07, 6.45) is 1.00. The van der Waals surface area contributed by atoms with Crippen LogP contribution in [0.1, 0.15) is 38.3 Å². The van der Waals surface area contributed by atoms with Crippen molar-refractivity contribution in [2.75, 3.05) is 6.54 Å². The first-order valence-corrected chi connectivity index (χ1v) is 11.7. The van der Waals surface area contributed by atoms with E-state index in [4.69, 9.17) is 10.2 Å². The van der Waals surface area contributed by atoms with Crippen LogP contribution >= 0.6 is 0 Å². The van der Waals surface area contributed by atoms with Crippen molar-refractivity contribution in [3.8, 4) is 11.8 Å². The van der Waals surface area contributed by atoms with Crippen LogP contribution in [0.25, 0.3) is 0 Å². The molecule has 1 aromatic carbocycles. The van der Waals surface area contributed by atoms with Crippen molar-refractivity contribution >= 4 is 20.3 Å². The monoisotopic (exact) mass is 373 g/mol. The summed E-state index contributed by atoms with van der Waals surface area (Å²) in [6, 6.07) is 6.76. The van der Waals surface area contributed by atoms with Gasteiger partial charge in [0.25, 0.3) is 0 Å². The lowest BCUT2D eigenvalue weighted by molar-refractivity contribution is -0.128. The molecule has 1 heterocycles. The van der Waals surface area contributed by atoms with E-state index in [1.165, 1.54) is 0 Å². The molecule has 1 aliphatic heterocycles. The van der Waals surface area contributed by atoms with E-state index in [9.17, 15) is 14.9 Å². The quantitative estimate of drug-likeness (QED) is 0.818. The summed E-state index contributed by atoms with van der Waals surface area (Å²) >= 11 is 0. The second-order valence-corrected chi connectivity index (χ2v) is 13.0. The van der Waals surface area contributed by atoms with E-state index < -0.39 is 14.3 Å². The number of benzene rings is 1. The predicted molar refractivity (Wildman–Crippen MR) is 102 cm³/mol. The molecule has 1 aliphatic rings. The molecule has 140 valence electrons. The standard InChI is InChI=1S/C19H27N3O3Si/c1-19(2,3)26(4,5)25-16-7-6-13(12-20)10-15(16)11-14-8-9-22(17(14)23)18(21)24/h6-7,10,14H,8-9,11H2,1-5H3,(H2,21,24). The summed E-state index contributed by atoms with van der Waals surface area (Å²) in [7, 11) is -2.06. The van der Waals surface area contributed by atoms with E-state index in [-0.39, 0.29) is 16.9 Å². The summed E-state index contributed by atoms with van der Waals surface area (Å²) in [4.78, 5) is 24.8. The minimum absolute atomic E-state index is 0.0319. The van der Waals surface area contributed by atoms with Crippen molar-refractivity contribution in [2.24, 2.45) is 11.7 Å². The average Bonchev–Trinajstić information content (AvgIpc) is 2.88. The molecule has 0 radical (unpaired) electrons. The summed E-state index contributed by atoms with van der Waals surface area (Å²) in [5.74, 6) is 0.150. The minimum atomic E-state index is -2.06. The second-order valence-electron chi connectivity index (χ2n) is 8.31. The number of nitrogens with zero attached hydrogens (tertiary/aromatic N) is 2. The molecule has 3 amide bonds. The molecule has 0 saturated carbocycles. The third kappa shape index (κ3) is 4.07. The number of carbonyl (C=O) groups excluding carboxylic acids is 2. The van der Waals surface area contributed by atoms with Gasteiger partial charge in [-0.25, -0.2) is 4.79 Å². The number of nitrogens with two attached hydrogens (primary N) is 1. The molecule has 6 nitrogen and oxygen atoms in total. The topological polar surface area (TPSA) is 96.4 Å². The molecule has 0 spiro atoms. The van der Waals surface area contributed by atoms with Gasteiger partial charge in [-0.05, 0) is 54.7 Å². The number of carbonyl (C=O) groups is 2. The van der Waals surface area contributed by atoms with E-state index in [2.05, 4.69) is 39.9 Å². The van der Waals surface area contributed by atoms with E-state index in [1.807, 2.05) is 6.07 Å². The fourth-order valence-corrected chi connectivity index (χ4v) is 3.80. The van der Waals surface area contributed by atoms with Crippen LogP contribution < -0.4 is 10.2 Å². The first-order valence-electron chi connectivity index (χ1n) is 8.79. The molecular formula is C19H27N3O3Si. The maximum Gasteiger partial charge on any atom is 0.321 e. The highest BCUT2D eigenvalue weighted by atomic mass is 28.4. The van der Waals surface area contributed by atoms with Gasteiger partial charge in [-0.3, -0.25) is 9.69 Å². The highest BCUT2D eigenvalue weighted by Crippen LogP contribution is 2.39. The highest BCUT2D eigenvalue weighted by Gasteiger charge is 2.40. The Labute approximate surface area is 156 Å². The van der Waals surface area contributed by atoms with Crippen LogP contribution in [-0.4, -0.2) is 31.7 Å². The summed E-state index contributed by atoms with van der Waals surface area (Å²) in [5.41, 5.74) is 6.61. The summed E-state index contributed by atoms with van der Waals surface area (Å²) in [6.45, 7) is 11.1. The molecule has 1 fully saturated rings. The van der Waals surface area contributed by atoms with E-state index in [0.29, 0.717) is 24.9 Å². The SMILES string of the molecule is CC(C)(C)[Si](C)(C)Oc1ccc(C#N)cc1CC1CCN(C(N)=O)C1=O. The van der Waals surface area contributed by atoms with Crippen LogP contribution in [0, 0.1) is 17.2 Å². The number of rotatable bonds is 4. The van der Waals surface area contributed by atoms with Gasteiger partial charge >= 0.3 is 6.03 Å². The van der Waals surface area contributed by atoms with Gasteiger partial charge < -0.3 is 10.2 Å². The molecule has 1 saturated heterocycles. The normalized spacial score (nSPS) is 17.9. The Balaban J connectivity index is 2.31. The van der Waals surface area contributed by atoms with Crippen molar-refractivity contribution in [1.82, 2.24) is 4.90 Å². The lowest BCUT2D eigenvalue weighted by Crippen LogP contribution is -2.44. The van der Waals surface area contributed by atoms with Gasteiger partial charge in [0.05, 0.1) is 11.6 Å². The maximum absolute atomic E-state index is 12.4. The molecule has 0 bridgehead atoms. The Morgan fingerprint density at radius 2 is 2.08 bits per heavy atom. The van der Waals surface area contributed by atoms with Crippen molar-refractivity contribution in [1.29, 1.82) is 5.26 Å². The van der Waals surface area contributed by atoms with Gasteiger partial charge in [-0.15, -0.1) is 0 Å². The molecule has 0 aromatic heterocycles. The number of imide groups is 1. The lowest BCUT2D eigenvalue weighted by Gasteiger charge is -2.37. The molecule has 1 aromatic rings. The lowest BCUT2D eigenvalue weighted by atomic mass is 9.96. The third-order valence-electron chi connectivity index (χ3n) is 5.41. The van der Waals surface area contributed by atoms with Gasteiger partial charge in [-0.2, -0.15) is 5.26 Å². The first kappa shape index (κ1) is 20.0. The van der Waals surface area contributed by atoms with Gasteiger partial charge in [0, 0.05) is 12.5 Å². The van der Waals surface area contributed by atoms with Crippen LogP contribution in [0.15, 0.2) is 18.2 Å². The number of urea groups is 1. The van der Waals surface area contributed by atoms with E-state index in [0.717, 1.165) is 16.2 Å². The minimum Gasteiger partial charge on any atom is -0.543 e. The van der Waals surface area contributed by atoms with Gasteiger partial charge in [0.2, 0.25) is 14.2 Å². The van der Waals surface area contributed by atoms with Crippen LogP contribution in [-0.2, 0) is 11.2 Å². The highest BCUT2D eigenvalue weighted by molar-refractivity contribution is 6.74. The summed E-state index contributed by atoms with van der Waals surface area (Å²) < 4.78 is 6.43. The van der Waals surface area contributed by atoms with Gasteiger partial charge in [0.15, 0.2) is 0 Å². The zero-order valence-electron chi connectivity index (χ0n) is 16.1. The van der Waals surface area contributed by atoms with Gasteiger partial charge in [0.1, 0.15) is 5.75 Å². The van der Waals surface area contributed by atoms with Crippen molar-refractivity contribution in [3.05, 3.63) is 29.3 Å². The number of nitriles is 1. The smallest absolute Gasteiger partial charge is 0.321 e. The Kier molecular flexibility index (Phi) is 5.47. The van der Waals surface area contributed by atoms with Crippen LogP contribution in [0.5, 0.6) is 5.75 Å². The van der Waals surface area contributed by atoms with E-state index in [1.54, 1.807) is 12.1 Å². The number of hydrogen-bond donors (Lipinski definition) is 1. The Bertz CT molecular complexity index is 762. The van der Waals surface area contributed by atoms with Crippen LogP contribution in [0.2, 0.25) is 18.1 Å². The van der Waals surface area contributed by atoms with Gasteiger partial charge in [-0.1, -0.05) is 20.8 Å². The molecule has 2 N–H and O–H groups in total. The van der Waals surface area contributed by atoms with Crippen molar-refractivity contribution in [3.63, 3.8) is 0 Å². The number of likely N-dealkylation sites (tertiary alicyclic amines) is 1. The molecule has 1 atom stereocenters. The zero-order chi connectivity index (χ0) is 19.7. The van der Waals surface area contributed by atoms with Crippen molar-refractivity contribution in [2.45, 2.75) is 51.7 Å². The number of primary amides is 1. The Hall–Kier alpha value is -2.33. The van der Waals surface area contributed by atoms with E-state index >= 15 is 0 Å². The van der Waals surface area contributed by atoms with Crippen molar-refractivity contribution < 1.29 is 14.0 Å². The Morgan fingerprint density at radius 1 is 1.42 bits per heavy atom.